The molecule has 0 fully saturated rings. The maximum Gasteiger partial charge on any atom is 0.419 e. The molecule has 176 valence electrons. The van der Waals surface area contributed by atoms with Gasteiger partial charge in [-0.15, -0.1) is 0 Å². The average Bonchev–Trinajstić information content (AvgIpc) is 2.71. The highest BCUT2D eigenvalue weighted by molar-refractivity contribution is 5.96. The number of carbonyl (C=O) groups excluding carboxylic acids is 2. The van der Waals surface area contributed by atoms with Gasteiger partial charge in [-0.1, -0.05) is 6.07 Å². The number of amides is 2. The number of nitrogens with one attached hydrogen (secondary N) is 3. The van der Waals surface area contributed by atoms with Crippen LogP contribution in [0.3, 0.4) is 0 Å². The topological polar surface area (TPSA) is 123 Å². The Balaban J connectivity index is 2.13. The van der Waals surface area contributed by atoms with Crippen molar-refractivity contribution in [2.75, 3.05) is 12.0 Å². The third-order valence-electron chi connectivity index (χ3n) is 4.70. The van der Waals surface area contributed by atoms with Crippen molar-refractivity contribution in [3.05, 3.63) is 58.1 Å². The molecule has 4 N–H and O–H groups in total. The number of aromatic hydroxyl groups is 1. The first-order valence-electron chi connectivity index (χ1n) is 9.84. The summed E-state index contributed by atoms with van der Waals surface area (Å²) in [5.74, 6) is -1.73. The number of halogens is 3. The van der Waals surface area contributed by atoms with Crippen LogP contribution in [0.15, 0.2) is 30.3 Å². The van der Waals surface area contributed by atoms with Crippen molar-refractivity contribution in [3.8, 4) is 11.8 Å². The maximum atomic E-state index is 13.1. The quantitative estimate of drug-likeness (QED) is 0.461. The Morgan fingerprint density at radius 2 is 1.82 bits per heavy atom. The Morgan fingerprint density at radius 3 is 2.36 bits per heavy atom. The van der Waals surface area contributed by atoms with Crippen LogP contribution in [0.25, 0.3) is 0 Å². The van der Waals surface area contributed by atoms with Crippen molar-refractivity contribution in [3.63, 3.8) is 0 Å². The number of hydrazine groups is 1. The highest BCUT2D eigenvalue weighted by Gasteiger charge is 2.34. The van der Waals surface area contributed by atoms with Crippen LogP contribution in [0.5, 0.6) is 5.75 Å². The molecule has 1 unspecified atom stereocenters. The van der Waals surface area contributed by atoms with Crippen molar-refractivity contribution in [1.29, 1.82) is 5.26 Å². The maximum absolute atomic E-state index is 13.1. The van der Waals surface area contributed by atoms with Gasteiger partial charge in [0.25, 0.3) is 5.91 Å². The fourth-order valence-corrected chi connectivity index (χ4v) is 3.12. The molecule has 2 amide bonds. The molecule has 0 bridgehead atoms. The zero-order valence-corrected chi connectivity index (χ0v) is 18.1. The zero-order valence-electron chi connectivity index (χ0n) is 18.1. The molecule has 0 radical (unpaired) electrons. The van der Waals surface area contributed by atoms with Gasteiger partial charge in [0.2, 0.25) is 0 Å². The predicted molar refractivity (Wildman–Crippen MR) is 113 cm³/mol. The second kappa shape index (κ2) is 10.7. The number of phenolic OH excluding ortho intramolecular Hbond substituents is 1. The van der Waals surface area contributed by atoms with E-state index in [0.717, 1.165) is 28.8 Å². The summed E-state index contributed by atoms with van der Waals surface area (Å²) in [4.78, 5) is 23.3. The Morgan fingerprint density at radius 1 is 1.18 bits per heavy atom. The van der Waals surface area contributed by atoms with Crippen molar-refractivity contribution in [2.45, 2.75) is 39.4 Å². The number of aryl methyl sites for hydroxylation is 2. The van der Waals surface area contributed by atoms with Crippen molar-refractivity contribution < 1.29 is 32.6 Å². The monoisotopic (exact) mass is 464 g/mol. The molecule has 2 rings (SSSR count). The Hall–Kier alpha value is -3.78. The molecular weight excluding hydrogens is 441 g/mol. The summed E-state index contributed by atoms with van der Waals surface area (Å²) >= 11 is 0. The molecule has 1 atom stereocenters. The lowest BCUT2D eigenvalue weighted by Gasteiger charge is -2.17. The molecule has 0 aliphatic rings. The first-order valence-corrected chi connectivity index (χ1v) is 9.84. The fraction of sp³-hybridized carbons (Fsp3) is 0.318. The van der Waals surface area contributed by atoms with E-state index < -0.39 is 35.5 Å². The van der Waals surface area contributed by atoms with Gasteiger partial charge >= 0.3 is 12.3 Å². The summed E-state index contributed by atoms with van der Waals surface area (Å²) in [6.45, 7) is 5.17. The third kappa shape index (κ3) is 6.85. The minimum absolute atomic E-state index is 0.0641. The van der Waals surface area contributed by atoms with Gasteiger partial charge in [0.05, 0.1) is 18.2 Å². The van der Waals surface area contributed by atoms with E-state index in [0.29, 0.717) is 11.3 Å². The number of nitriles is 1. The fourth-order valence-electron chi connectivity index (χ4n) is 3.12. The van der Waals surface area contributed by atoms with Crippen LogP contribution in [0, 0.1) is 25.2 Å². The molecule has 2 aromatic rings. The van der Waals surface area contributed by atoms with Crippen LogP contribution < -0.4 is 16.2 Å². The lowest BCUT2D eigenvalue weighted by molar-refractivity contribution is -0.138. The molecule has 0 aromatic heterocycles. The Bertz CT molecular complexity index is 1060. The van der Waals surface area contributed by atoms with E-state index in [1.807, 2.05) is 5.32 Å². The number of phenols is 1. The van der Waals surface area contributed by atoms with E-state index in [4.69, 9.17) is 0 Å². The van der Waals surface area contributed by atoms with Gasteiger partial charge in [0, 0.05) is 5.69 Å². The van der Waals surface area contributed by atoms with E-state index >= 15 is 0 Å². The van der Waals surface area contributed by atoms with E-state index in [1.54, 1.807) is 39.0 Å². The van der Waals surface area contributed by atoms with E-state index in [9.17, 15) is 33.1 Å². The normalized spacial score (nSPS) is 11.9. The SMILES string of the molecule is CCOC(=O)NC(=O)C(C#N)NNc1cc(C)c(Cc2ccc(O)c(C(F)(F)F)c2)c(C)c1. The summed E-state index contributed by atoms with van der Waals surface area (Å²) in [6, 6.07) is 7.06. The van der Waals surface area contributed by atoms with E-state index in [1.165, 1.54) is 6.07 Å². The summed E-state index contributed by atoms with van der Waals surface area (Å²) < 4.78 is 43.8. The van der Waals surface area contributed by atoms with Crippen LogP contribution in [-0.4, -0.2) is 29.8 Å². The highest BCUT2D eigenvalue weighted by atomic mass is 19.4. The van der Waals surface area contributed by atoms with Crippen LogP contribution in [0.2, 0.25) is 0 Å². The number of alkyl carbamates (subject to hydrolysis) is 1. The van der Waals surface area contributed by atoms with Gasteiger partial charge < -0.3 is 15.3 Å². The molecule has 2 aromatic carbocycles. The van der Waals surface area contributed by atoms with E-state index in [2.05, 4.69) is 15.6 Å². The van der Waals surface area contributed by atoms with Crippen molar-refractivity contribution in [2.24, 2.45) is 0 Å². The van der Waals surface area contributed by atoms with Crippen LogP contribution in [0.1, 0.15) is 34.7 Å². The first kappa shape index (κ1) is 25.5. The molecule has 8 nitrogen and oxygen atoms in total. The number of nitrogens with zero attached hydrogens (tertiary/aromatic N) is 1. The summed E-state index contributed by atoms with van der Waals surface area (Å²) in [7, 11) is 0. The zero-order chi connectivity index (χ0) is 24.8. The predicted octanol–water partition coefficient (Wildman–Crippen LogP) is 3.70. The van der Waals surface area contributed by atoms with Crippen molar-refractivity contribution >= 4 is 17.7 Å². The third-order valence-corrected chi connectivity index (χ3v) is 4.70. The number of imide groups is 1. The van der Waals surface area contributed by atoms with Gasteiger partial charge in [-0.05, 0) is 73.7 Å². The average molecular weight is 464 g/mol. The summed E-state index contributed by atoms with van der Waals surface area (Å²) in [5.41, 5.74) is 7.31. The minimum Gasteiger partial charge on any atom is -0.507 e. The lowest BCUT2D eigenvalue weighted by Crippen LogP contribution is -2.47. The molecule has 0 saturated heterocycles. The summed E-state index contributed by atoms with van der Waals surface area (Å²) in [6.07, 6.45) is -5.43. The van der Waals surface area contributed by atoms with Gasteiger partial charge in [0.1, 0.15) is 5.75 Å². The number of hydrogen-bond donors (Lipinski definition) is 4. The second-order valence-corrected chi connectivity index (χ2v) is 7.16. The van der Waals surface area contributed by atoms with Crippen molar-refractivity contribution in [1.82, 2.24) is 10.7 Å². The molecule has 0 aliphatic heterocycles. The number of ether oxygens (including phenoxy) is 1. The Kier molecular flexibility index (Phi) is 8.26. The van der Waals surface area contributed by atoms with Crippen LogP contribution >= 0.6 is 0 Å². The smallest absolute Gasteiger partial charge is 0.419 e. The number of benzene rings is 2. The second-order valence-electron chi connectivity index (χ2n) is 7.16. The number of carbonyl (C=O) groups is 2. The lowest BCUT2D eigenvalue weighted by atomic mass is 9.94. The molecule has 0 saturated carbocycles. The van der Waals surface area contributed by atoms with Crippen LogP contribution in [-0.2, 0) is 22.1 Å². The number of anilines is 1. The number of alkyl halides is 3. The minimum atomic E-state index is -4.67. The van der Waals surface area contributed by atoms with Gasteiger partial charge in [0.15, 0.2) is 6.04 Å². The molecule has 0 spiro atoms. The first-order chi connectivity index (χ1) is 15.5. The molecule has 11 heteroatoms. The molecule has 0 aliphatic carbocycles. The standard InChI is InChI=1S/C22H23F3N4O4/c1-4-33-21(32)27-20(31)18(11-26)29-28-15-7-12(2)16(13(3)8-15)9-14-5-6-19(30)17(10-14)22(23,24)25/h5-8,10,18,28-30H,4,9H2,1-3H3,(H,27,31,32). The van der Waals surface area contributed by atoms with Crippen LogP contribution in [0.4, 0.5) is 23.7 Å². The van der Waals surface area contributed by atoms with E-state index in [-0.39, 0.29) is 13.0 Å². The summed E-state index contributed by atoms with van der Waals surface area (Å²) in [5, 5.41) is 20.6. The Labute approximate surface area is 188 Å². The highest BCUT2D eigenvalue weighted by Crippen LogP contribution is 2.36. The number of rotatable bonds is 7. The van der Waals surface area contributed by atoms with Gasteiger partial charge in [-0.25, -0.2) is 10.2 Å². The number of hydrogen-bond acceptors (Lipinski definition) is 7. The molecular formula is C22H23F3N4O4. The molecule has 33 heavy (non-hydrogen) atoms. The van der Waals surface area contributed by atoms with Gasteiger partial charge in [-0.2, -0.15) is 18.4 Å². The van der Waals surface area contributed by atoms with Gasteiger partial charge in [-0.3, -0.25) is 10.1 Å². The largest absolute Gasteiger partial charge is 0.507 e. The molecule has 0 heterocycles.